The first-order valence-corrected chi connectivity index (χ1v) is 3.97. The Hall–Kier alpha value is -1.25. The minimum Gasteiger partial charge on any atom is -0.438 e. The van der Waals surface area contributed by atoms with Gasteiger partial charge in [-0.2, -0.15) is 0 Å². The maximum atomic E-state index is 11.0. The highest BCUT2D eigenvalue weighted by atomic mass is 16.6. The molecule has 0 fully saturated rings. The molecule has 0 saturated heterocycles. The van der Waals surface area contributed by atoms with E-state index < -0.39 is 0 Å². The summed E-state index contributed by atoms with van der Waals surface area (Å²) in [5.74, 6) is -0.331. The van der Waals surface area contributed by atoms with Gasteiger partial charge in [-0.25, -0.2) is 4.79 Å². The molecule has 1 aliphatic heterocycles. The van der Waals surface area contributed by atoms with Gasteiger partial charge in [0.2, 0.25) is 0 Å². The van der Waals surface area contributed by atoms with E-state index in [1.807, 2.05) is 6.08 Å². The fourth-order valence-electron chi connectivity index (χ4n) is 0.912. The third-order valence-electron chi connectivity index (χ3n) is 1.59. The minimum absolute atomic E-state index is 0.181. The molecule has 1 rings (SSSR count). The monoisotopic (exact) mass is 167 g/mol. The summed E-state index contributed by atoms with van der Waals surface area (Å²) < 4.78 is 5.05. The minimum atomic E-state index is -0.331. The predicted octanol–water partition coefficient (Wildman–Crippen LogP) is 1.33. The van der Waals surface area contributed by atoms with E-state index in [9.17, 15) is 4.79 Å². The van der Waals surface area contributed by atoms with Gasteiger partial charge >= 0.3 is 5.97 Å². The molecule has 66 valence electrons. The number of ether oxygens (including phenoxy) is 1. The van der Waals surface area contributed by atoms with Gasteiger partial charge < -0.3 is 10.1 Å². The summed E-state index contributed by atoms with van der Waals surface area (Å²) >= 11 is 0. The summed E-state index contributed by atoms with van der Waals surface area (Å²) in [7, 11) is 0. The maximum absolute atomic E-state index is 11.0. The van der Waals surface area contributed by atoms with Crippen molar-refractivity contribution in [3.05, 3.63) is 24.4 Å². The van der Waals surface area contributed by atoms with Gasteiger partial charge in [0.25, 0.3) is 0 Å². The van der Waals surface area contributed by atoms with Crippen LogP contribution in [0.5, 0.6) is 0 Å². The van der Waals surface area contributed by atoms with Gasteiger partial charge in [-0.05, 0) is 19.5 Å². The van der Waals surface area contributed by atoms with Crippen molar-refractivity contribution < 1.29 is 9.53 Å². The number of esters is 1. The predicted molar refractivity (Wildman–Crippen MR) is 46.2 cm³/mol. The molecule has 12 heavy (non-hydrogen) atoms. The van der Waals surface area contributed by atoms with Crippen molar-refractivity contribution in [1.29, 1.82) is 0 Å². The normalized spacial score (nSPS) is 21.2. The Balaban J connectivity index is 2.35. The largest absolute Gasteiger partial charge is 0.438 e. The lowest BCUT2D eigenvalue weighted by Crippen LogP contribution is -2.32. The van der Waals surface area contributed by atoms with E-state index in [0.29, 0.717) is 5.57 Å². The Morgan fingerprint density at radius 2 is 2.50 bits per heavy atom. The molecule has 1 N–H and O–H groups in total. The number of allylic oxidation sites excluding steroid dienone is 1. The van der Waals surface area contributed by atoms with Gasteiger partial charge in [0.1, 0.15) is 0 Å². The van der Waals surface area contributed by atoms with Crippen LogP contribution >= 0.6 is 0 Å². The molecule has 0 aromatic carbocycles. The van der Waals surface area contributed by atoms with Crippen LogP contribution in [-0.2, 0) is 9.53 Å². The Morgan fingerprint density at radius 1 is 1.75 bits per heavy atom. The van der Waals surface area contributed by atoms with Crippen LogP contribution in [0.25, 0.3) is 0 Å². The fraction of sp³-hybridized carbons (Fsp3) is 0.444. The summed E-state index contributed by atoms with van der Waals surface area (Å²) in [4.78, 5) is 11.0. The average molecular weight is 167 g/mol. The van der Waals surface area contributed by atoms with Crippen molar-refractivity contribution in [2.45, 2.75) is 26.0 Å². The molecule has 1 heterocycles. The first-order valence-electron chi connectivity index (χ1n) is 3.97. The average Bonchev–Trinajstić information content (AvgIpc) is 2.06. The lowest BCUT2D eigenvalue weighted by molar-refractivity contribution is -0.145. The summed E-state index contributed by atoms with van der Waals surface area (Å²) in [6.45, 7) is 5.14. The zero-order valence-corrected chi connectivity index (χ0v) is 7.17. The third kappa shape index (κ3) is 2.42. The molecule has 1 atom stereocenters. The van der Waals surface area contributed by atoms with Crippen LogP contribution in [0.1, 0.15) is 19.8 Å². The molecule has 0 radical (unpaired) electrons. The molecule has 0 saturated carbocycles. The van der Waals surface area contributed by atoms with Gasteiger partial charge in [0, 0.05) is 12.0 Å². The van der Waals surface area contributed by atoms with Gasteiger partial charge in [-0.15, -0.1) is 0 Å². The van der Waals surface area contributed by atoms with Crippen molar-refractivity contribution >= 4 is 5.97 Å². The lowest BCUT2D eigenvalue weighted by atomic mass is 10.2. The van der Waals surface area contributed by atoms with Crippen LogP contribution in [0.4, 0.5) is 0 Å². The number of rotatable bonds is 2. The molecule has 0 amide bonds. The summed E-state index contributed by atoms with van der Waals surface area (Å²) in [6, 6.07) is 0. The van der Waals surface area contributed by atoms with Gasteiger partial charge in [0.15, 0.2) is 6.23 Å². The van der Waals surface area contributed by atoms with Gasteiger partial charge in [-0.1, -0.05) is 12.7 Å². The molecule has 3 heteroatoms. The second-order valence-electron chi connectivity index (χ2n) is 2.82. The van der Waals surface area contributed by atoms with E-state index in [1.54, 1.807) is 13.1 Å². The van der Waals surface area contributed by atoms with Gasteiger partial charge in [0.05, 0.1) is 0 Å². The second kappa shape index (κ2) is 3.95. The molecule has 0 aromatic rings. The summed E-state index contributed by atoms with van der Waals surface area (Å²) in [6.07, 6.45) is 5.40. The first kappa shape index (κ1) is 8.84. The summed E-state index contributed by atoms with van der Waals surface area (Å²) in [5.41, 5.74) is 0.436. The molecule has 0 bridgehead atoms. The fourth-order valence-corrected chi connectivity index (χ4v) is 0.912. The first-order chi connectivity index (χ1) is 5.70. The zero-order valence-electron chi connectivity index (χ0n) is 7.17. The molecular formula is C9H13NO2. The molecule has 1 unspecified atom stereocenters. The van der Waals surface area contributed by atoms with E-state index in [0.717, 1.165) is 12.8 Å². The molecule has 0 spiro atoms. The van der Waals surface area contributed by atoms with Gasteiger partial charge in [-0.3, -0.25) is 0 Å². The zero-order chi connectivity index (χ0) is 8.97. The Kier molecular flexibility index (Phi) is 2.91. The number of carbonyl (C=O) groups excluding carboxylic acids is 1. The van der Waals surface area contributed by atoms with Crippen molar-refractivity contribution in [3.8, 4) is 0 Å². The Bertz CT molecular complexity index is 221. The van der Waals surface area contributed by atoms with E-state index >= 15 is 0 Å². The lowest BCUT2D eigenvalue weighted by Gasteiger charge is -2.20. The van der Waals surface area contributed by atoms with Crippen LogP contribution in [0.3, 0.4) is 0 Å². The van der Waals surface area contributed by atoms with Crippen LogP contribution < -0.4 is 5.32 Å². The third-order valence-corrected chi connectivity index (χ3v) is 1.59. The van der Waals surface area contributed by atoms with Crippen LogP contribution in [0.15, 0.2) is 24.4 Å². The topological polar surface area (TPSA) is 38.3 Å². The number of hydrogen-bond acceptors (Lipinski definition) is 3. The molecule has 3 nitrogen and oxygen atoms in total. The number of carbonyl (C=O) groups is 1. The molecule has 0 aromatic heterocycles. The smallest absolute Gasteiger partial charge is 0.335 e. The SMILES string of the molecule is C=C(C)C(=O)OC1CCC=CN1. The van der Waals surface area contributed by atoms with Crippen LogP contribution in [-0.4, -0.2) is 12.2 Å². The Labute approximate surface area is 72.1 Å². The molecule has 1 aliphatic rings. The Morgan fingerprint density at radius 3 is 3.00 bits per heavy atom. The maximum Gasteiger partial charge on any atom is 0.335 e. The molecule has 0 aliphatic carbocycles. The summed E-state index contributed by atoms with van der Waals surface area (Å²) in [5, 5.41) is 2.94. The highest BCUT2D eigenvalue weighted by Gasteiger charge is 2.13. The van der Waals surface area contributed by atoms with Crippen molar-refractivity contribution in [3.63, 3.8) is 0 Å². The van der Waals surface area contributed by atoms with Crippen molar-refractivity contribution in [2.24, 2.45) is 0 Å². The number of hydrogen-bond donors (Lipinski definition) is 1. The standard InChI is InChI=1S/C9H13NO2/c1-7(2)9(11)12-8-5-3-4-6-10-8/h4,6,8,10H,1,3,5H2,2H3. The molecular weight excluding hydrogens is 154 g/mol. The number of nitrogens with one attached hydrogen (secondary N) is 1. The van der Waals surface area contributed by atoms with Crippen molar-refractivity contribution in [1.82, 2.24) is 5.32 Å². The van der Waals surface area contributed by atoms with Crippen molar-refractivity contribution in [2.75, 3.05) is 0 Å². The van der Waals surface area contributed by atoms with E-state index in [-0.39, 0.29) is 12.2 Å². The van der Waals surface area contributed by atoms with Crippen LogP contribution in [0.2, 0.25) is 0 Å². The quantitative estimate of drug-likeness (QED) is 0.498. The van der Waals surface area contributed by atoms with E-state index in [1.165, 1.54) is 0 Å². The van der Waals surface area contributed by atoms with E-state index in [4.69, 9.17) is 4.74 Å². The van der Waals surface area contributed by atoms with E-state index in [2.05, 4.69) is 11.9 Å². The van der Waals surface area contributed by atoms with Crippen LogP contribution in [0, 0.1) is 0 Å². The highest BCUT2D eigenvalue weighted by Crippen LogP contribution is 2.07. The second-order valence-corrected chi connectivity index (χ2v) is 2.82. The highest BCUT2D eigenvalue weighted by molar-refractivity contribution is 5.87.